The standard InChI is InChI=1S/C31H35N5O4/c1-20-10-9-11-21(2)29(20)36(28(37)19-35-27-15-8-7-14-26(27)33-34-35)30(31(38)32-23-12-5-6-13-23)22-16-24(39-3)18-25(17-22)40-4/h7-11,14-18,23,30H,5-6,12-13,19H2,1-4H3,(H,32,38). The highest BCUT2D eigenvalue weighted by Gasteiger charge is 2.36. The van der Waals surface area contributed by atoms with E-state index in [2.05, 4.69) is 15.6 Å². The van der Waals surface area contributed by atoms with Gasteiger partial charge in [0.05, 0.1) is 25.4 Å². The largest absolute Gasteiger partial charge is 0.497 e. The fourth-order valence-corrected chi connectivity index (χ4v) is 5.58. The summed E-state index contributed by atoms with van der Waals surface area (Å²) < 4.78 is 12.7. The Kier molecular flexibility index (Phi) is 8.00. The molecule has 1 fully saturated rings. The maximum absolute atomic E-state index is 14.4. The van der Waals surface area contributed by atoms with Crippen LogP contribution < -0.4 is 19.7 Å². The summed E-state index contributed by atoms with van der Waals surface area (Å²) in [7, 11) is 3.13. The fourth-order valence-electron chi connectivity index (χ4n) is 5.58. The van der Waals surface area contributed by atoms with Crippen LogP contribution in [-0.2, 0) is 16.1 Å². The molecule has 0 radical (unpaired) electrons. The molecule has 0 aliphatic heterocycles. The lowest BCUT2D eigenvalue weighted by molar-refractivity contribution is -0.127. The van der Waals surface area contributed by atoms with Crippen molar-refractivity contribution in [3.05, 3.63) is 77.4 Å². The van der Waals surface area contributed by atoms with Crippen molar-refractivity contribution >= 4 is 28.5 Å². The summed E-state index contributed by atoms with van der Waals surface area (Å²) >= 11 is 0. The van der Waals surface area contributed by atoms with Crippen molar-refractivity contribution in [1.82, 2.24) is 20.3 Å². The van der Waals surface area contributed by atoms with Crippen molar-refractivity contribution in [3.63, 3.8) is 0 Å². The zero-order valence-corrected chi connectivity index (χ0v) is 23.4. The molecule has 1 atom stereocenters. The highest BCUT2D eigenvalue weighted by molar-refractivity contribution is 6.02. The molecule has 1 N–H and O–H groups in total. The first-order valence-corrected chi connectivity index (χ1v) is 13.6. The Bertz CT molecular complexity index is 1480. The maximum atomic E-state index is 14.4. The number of aromatic nitrogens is 3. The number of ether oxygens (including phenoxy) is 2. The molecule has 0 bridgehead atoms. The molecule has 1 aliphatic rings. The number of carbonyl (C=O) groups is 2. The van der Waals surface area contributed by atoms with E-state index in [0.717, 1.165) is 42.3 Å². The van der Waals surface area contributed by atoms with Gasteiger partial charge in [0.2, 0.25) is 11.8 Å². The Morgan fingerprint density at radius 1 is 0.975 bits per heavy atom. The van der Waals surface area contributed by atoms with E-state index in [1.54, 1.807) is 42.0 Å². The second kappa shape index (κ2) is 11.8. The van der Waals surface area contributed by atoms with Gasteiger partial charge in [-0.05, 0) is 67.6 Å². The van der Waals surface area contributed by atoms with Crippen LogP contribution in [0.4, 0.5) is 5.69 Å². The minimum atomic E-state index is -0.980. The number of fused-ring (bicyclic) bond motifs is 1. The number of aryl methyl sites for hydroxylation is 2. The molecule has 9 nitrogen and oxygen atoms in total. The van der Waals surface area contributed by atoms with Crippen molar-refractivity contribution < 1.29 is 19.1 Å². The molecule has 1 saturated carbocycles. The lowest BCUT2D eigenvalue weighted by Gasteiger charge is -2.34. The maximum Gasteiger partial charge on any atom is 0.249 e. The van der Waals surface area contributed by atoms with Crippen molar-refractivity contribution in [2.24, 2.45) is 0 Å². The van der Waals surface area contributed by atoms with Crippen molar-refractivity contribution in [3.8, 4) is 11.5 Å². The quantitative estimate of drug-likeness (QED) is 0.324. The van der Waals surface area contributed by atoms with Crippen LogP contribution in [0.3, 0.4) is 0 Å². The molecule has 3 aromatic carbocycles. The van der Waals surface area contributed by atoms with E-state index in [1.165, 1.54) is 0 Å². The zero-order chi connectivity index (χ0) is 28.2. The van der Waals surface area contributed by atoms with Crippen LogP contribution in [0.5, 0.6) is 11.5 Å². The first-order chi connectivity index (χ1) is 19.4. The Hall–Kier alpha value is -4.40. The zero-order valence-electron chi connectivity index (χ0n) is 23.4. The van der Waals surface area contributed by atoms with Crippen molar-refractivity contribution in [2.75, 3.05) is 19.1 Å². The van der Waals surface area contributed by atoms with Gasteiger partial charge in [0.25, 0.3) is 0 Å². The summed E-state index contributed by atoms with van der Waals surface area (Å²) in [5, 5.41) is 11.7. The molecule has 2 amide bonds. The molecule has 1 aliphatic carbocycles. The molecule has 1 heterocycles. The molecular weight excluding hydrogens is 506 g/mol. The Morgan fingerprint density at radius 3 is 2.27 bits per heavy atom. The van der Waals surface area contributed by atoms with Gasteiger partial charge in [-0.25, -0.2) is 4.68 Å². The van der Waals surface area contributed by atoms with Gasteiger partial charge in [-0.15, -0.1) is 5.10 Å². The van der Waals surface area contributed by atoms with Crippen molar-refractivity contribution in [1.29, 1.82) is 0 Å². The van der Waals surface area contributed by atoms with Crippen LogP contribution in [0.25, 0.3) is 11.0 Å². The van der Waals surface area contributed by atoms with E-state index >= 15 is 0 Å². The first kappa shape index (κ1) is 27.2. The lowest BCUT2D eigenvalue weighted by Crippen LogP contribution is -2.47. The lowest BCUT2D eigenvalue weighted by atomic mass is 9.98. The van der Waals surface area contributed by atoms with Crippen LogP contribution in [-0.4, -0.2) is 47.1 Å². The molecule has 0 spiro atoms. The van der Waals surface area contributed by atoms with Gasteiger partial charge < -0.3 is 14.8 Å². The summed E-state index contributed by atoms with van der Waals surface area (Å²) in [6.45, 7) is 3.81. The highest BCUT2D eigenvalue weighted by Crippen LogP contribution is 2.37. The van der Waals surface area contributed by atoms with Gasteiger partial charge in [0, 0.05) is 12.1 Å². The SMILES string of the molecule is COc1cc(OC)cc(C(C(=O)NC2CCCC2)N(C(=O)Cn2nnc3ccccc32)c2c(C)cccc2C)c1. The van der Waals surface area contributed by atoms with Gasteiger partial charge >= 0.3 is 0 Å². The van der Waals surface area contributed by atoms with E-state index < -0.39 is 6.04 Å². The number of hydrogen-bond donors (Lipinski definition) is 1. The normalized spacial score (nSPS) is 14.2. The minimum Gasteiger partial charge on any atom is -0.497 e. The van der Waals surface area contributed by atoms with Crippen molar-refractivity contribution in [2.45, 2.75) is 58.2 Å². The Morgan fingerprint density at radius 2 is 1.62 bits per heavy atom. The highest BCUT2D eigenvalue weighted by atomic mass is 16.5. The van der Waals surface area contributed by atoms with Gasteiger partial charge in [0.15, 0.2) is 0 Å². The second-order valence-corrected chi connectivity index (χ2v) is 10.3. The number of rotatable bonds is 9. The van der Waals surface area contributed by atoms with Crippen LogP contribution in [0.2, 0.25) is 0 Å². The van der Waals surface area contributed by atoms with E-state index in [-0.39, 0.29) is 24.4 Å². The summed E-state index contributed by atoms with van der Waals surface area (Å²) in [4.78, 5) is 30.3. The predicted octanol–water partition coefficient (Wildman–Crippen LogP) is 4.90. The van der Waals surface area contributed by atoms with Crippen LogP contribution in [0.15, 0.2) is 60.7 Å². The first-order valence-electron chi connectivity index (χ1n) is 13.6. The molecule has 1 aromatic heterocycles. The summed E-state index contributed by atoms with van der Waals surface area (Å²) in [6.07, 6.45) is 3.98. The van der Waals surface area contributed by atoms with Gasteiger partial charge in [-0.2, -0.15) is 0 Å². The summed E-state index contributed by atoms with van der Waals surface area (Å²) in [5.41, 5.74) is 4.47. The fraction of sp³-hybridized carbons (Fsp3) is 0.355. The average Bonchev–Trinajstić information content (AvgIpc) is 3.62. The molecule has 40 heavy (non-hydrogen) atoms. The third kappa shape index (κ3) is 5.50. The number of nitrogens with one attached hydrogen (secondary N) is 1. The third-order valence-corrected chi connectivity index (χ3v) is 7.55. The predicted molar refractivity (Wildman–Crippen MR) is 154 cm³/mol. The van der Waals surface area contributed by atoms with E-state index in [1.807, 2.05) is 56.3 Å². The van der Waals surface area contributed by atoms with Gasteiger partial charge in [-0.3, -0.25) is 14.5 Å². The third-order valence-electron chi connectivity index (χ3n) is 7.55. The number of carbonyl (C=O) groups excluding carboxylic acids is 2. The van der Waals surface area contributed by atoms with E-state index in [9.17, 15) is 9.59 Å². The van der Waals surface area contributed by atoms with Gasteiger partial charge in [0.1, 0.15) is 29.6 Å². The number of nitrogens with zero attached hydrogens (tertiary/aromatic N) is 4. The number of anilines is 1. The number of amides is 2. The average molecular weight is 542 g/mol. The molecule has 208 valence electrons. The number of hydrogen-bond acceptors (Lipinski definition) is 6. The van der Waals surface area contributed by atoms with Crippen LogP contribution >= 0.6 is 0 Å². The van der Waals surface area contributed by atoms with Gasteiger partial charge in [-0.1, -0.05) is 48.4 Å². The molecular formula is C31H35N5O4. The monoisotopic (exact) mass is 541 g/mol. The summed E-state index contributed by atoms with van der Waals surface area (Å²) in [5.74, 6) is 0.524. The van der Waals surface area contributed by atoms with E-state index in [4.69, 9.17) is 9.47 Å². The minimum absolute atomic E-state index is 0.0664. The van der Waals surface area contributed by atoms with E-state index in [0.29, 0.717) is 28.3 Å². The number of para-hydroxylation sites is 2. The van der Waals surface area contributed by atoms with Crippen LogP contribution in [0.1, 0.15) is 48.4 Å². The number of methoxy groups -OCH3 is 2. The molecule has 4 aromatic rings. The van der Waals surface area contributed by atoms with Crippen LogP contribution in [0, 0.1) is 13.8 Å². The topological polar surface area (TPSA) is 98.6 Å². The summed E-state index contributed by atoms with van der Waals surface area (Å²) in [6, 6.07) is 17.8. The molecule has 0 saturated heterocycles. The second-order valence-electron chi connectivity index (χ2n) is 10.3. The molecule has 1 unspecified atom stereocenters. The number of benzene rings is 3. The Labute approximate surface area is 234 Å². The molecule has 5 rings (SSSR count). The molecule has 9 heteroatoms. The Balaban J connectivity index is 1.66. The smallest absolute Gasteiger partial charge is 0.249 e.